The van der Waals surface area contributed by atoms with Crippen molar-refractivity contribution in [2.45, 2.75) is 32.7 Å². The molecule has 0 radical (unpaired) electrons. The lowest BCUT2D eigenvalue weighted by atomic mass is 10.0. The van der Waals surface area contributed by atoms with Crippen LogP contribution >= 0.6 is 0 Å². The van der Waals surface area contributed by atoms with Crippen LogP contribution in [0.5, 0.6) is 5.75 Å². The highest BCUT2D eigenvalue weighted by Crippen LogP contribution is 2.25. The third-order valence-electron chi connectivity index (χ3n) is 2.37. The van der Waals surface area contributed by atoms with Gasteiger partial charge in [-0.2, -0.15) is 0 Å². The second-order valence-corrected chi connectivity index (χ2v) is 3.64. The Balaban J connectivity index is 2.73. The fourth-order valence-electron chi connectivity index (χ4n) is 1.65. The Morgan fingerprint density at radius 3 is 2.18 bits per heavy atom. The van der Waals surface area contributed by atoms with Gasteiger partial charge in [0, 0.05) is 6.04 Å². The maximum Gasteiger partial charge on any atom is 0.573 e. The van der Waals surface area contributed by atoms with Gasteiger partial charge in [-0.15, -0.1) is 13.2 Å². The molecular formula is C12H16F3NO. The van der Waals surface area contributed by atoms with Gasteiger partial charge in [0.15, 0.2) is 0 Å². The first-order chi connectivity index (χ1) is 7.96. The molecule has 1 unspecified atom stereocenters. The van der Waals surface area contributed by atoms with Crippen LogP contribution in [0.3, 0.4) is 0 Å². The third-order valence-corrected chi connectivity index (χ3v) is 2.37. The molecule has 0 fully saturated rings. The van der Waals surface area contributed by atoms with Gasteiger partial charge in [0.05, 0.1) is 0 Å². The highest BCUT2D eigenvalue weighted by atomic mass is 19.4. The molecule has 0 saturated carbocycles. The van der Waals surface area contributed by atoms with Gasteiger partial charge in [0.2, 0.25) is 0 Å². The lowest BCUT2D eigenvalue weighted by molar-refractivity contribution is -0.274. The van der Waals surface area contributed by atoms with Crippen molar-refractivity contribution in [1.29, 1.82) is 0 Å². The van der Waals surface area contributed by atoms with Crippen LogP contribution in [0.2, 0.25) is 0 Å². The van der Waals surface area contributed by atoms with E-state index in [0.29, 0.717) is 0 Å². The molecule has 0 aliphatic rings. The fourth-order valence-corrected chi connectivity index (χ4v) is 1.65. The summed E-state index contributed by atoms with van der Waals surface area (Å²) in [6, 6.07) is 6.14. The molecule has 1 aromatic carbocycles. The Kier molecular flexibility index (Phi) is 4.81. The molecule has 1 N–H and O–H groups in total. The zero-order valence-electron chi connectivity index (χ0n) is 9.84. The first kappa shape index (κ1) is 13.8. The molecule has 0 aliphatic carbocycles. The number of halogens is 3. The van der Waals surface area contributed by atoms with Crippen molar-refractivity contribution in [3.05, 3.63) is 29.8 Å². The molecule has 1 atom stereocenters. The van der Waals surface area contributed by atoms with Crippen LogP contribution in [0.1, 0.15) is 31.9 Å². The Morgan fingerprint density at radius 2 is 1.76 bits per heavy atom. The number of benzene rings is 1. The fraction of sp³-hybridized carbons (Fsp3) is 0.500. The molecule has 0 amide bonds. The van der Waals surface area contributed by atoms with E-state index in [1.54, 1.807) is 12.1 Å². The molecule has 2 nitrogen and oxygen atoms in total. The predicted molar refractivity (Wildman–Crippen MR) is 59.8 cm³/mol. The van der Waals surface area contributed by atoms with Crippen LogP contribution in [0.4, 0.5) is 13.2 Å². The minimum Gasteiger partial charge on any atom is -0.406 e. The van der Waals surface area contributed by atoms with Gasteiger partial charge in [0.1, 0.15) is 5.75 Å². The number of hydrogen-bond acceptors (Lipinski definition) is 2. The van der Waals surface area contributed by atoms with E-state index in [-0.39, 0.29) is 11.8 Å². The summed E-state index contributed by atoms with van der Waals surface area (Å²) in [7, 11) is 0. The Bertz CT molecular complexity index is 335. The van der Waals surface area contributed by atoms with E-state index >= 15 is 0 Å². The molecule has 1 aromatic rings. The largest absolute Gasteiger partial charge is 0.573 e. The summed E-state index contributed by atoms with van der Waals surface area (Å²) in [5.74, 6) is -0.187. The summed E-state index contributed by atoms with van der Waals surface area (Å²) >= 11 is 0. The topological polar surface area (TPSA) is 21.3 Å². The minimum atomic E-state index is -4.63. The Labute approximate surface area is 98.8 Å². The molecule has 1 rings (SSSR count). The number of hydrogen-bond donors (Lipinski definition) is 1. The first-order valence-electron chi connectivity index (χ1n) is 5.55. The van der Waals surface area contributed by atoms with Crippen molar-refractivity contribution >= 4 is 0 Å². The van der Waals surface area contributed by atoms with E-state index in [4.69, 9.17) is 0 Å². The quantitative estimate of drug-likeness (QED) is 0.857. The monoisotopic (exact) mass is 247 g/mol. The van der Waals surface area contributed by atoms with Gasteiger partial charge < -0.3 is 10.1 Å². The summed E-state index contributed by atoms with van der Waals surface area (Å²) in [5.41, 5.74) is 0.962. The van der Waals surface area contributed by atoms with E-state index in [1.807, 2.05) is 13.8 Å². The average Bonchev–Trinajstić information content (AvgIpc) is 2.25. The number of nitrogens with one attached hydrogen (secondary N) is 1. The van der Waals surface area contributed by atoms with Crippen LogP contribution in [0.15, 0.2) is 24.3 Å². The molecule has 0 spiro atoms. The van der Waals surface area contributed by atoms with E-state index in [9.17, 15) is 13.2 Å². The molecule has 17 heavy (non-hydrogen) atoms. The third kappa shape index (κ3) is 4.65. The molecule has 0 heterocycles. The highest BCUT2D eigenvalue weighted by molar-refractivity contribution is 5.29. The van der Waals surface area contributed by atoms with Gasteiger partial charge >= 0.3 is 6.36 Å². The number of rotatable bonds is 5. The van der Waals surface area contributed by atoms with Crippen molar-refractivity contribution in [2.24, 2.45) is 0 Å². The van der Waals surface area contributed by atoms with Gasteiger partial charge in [-0.1, -0.05) is 26.0 Å². The Morgan fingerprint density at radius 1 is 1.18 bits per heavy atom. The molecule has 96 valence electrons. The second kappa shape index (κ2) is 5.91. The molecule has 5 heteroatoms. The van der Waals surface area contributed by atoms with Crippen LogP contribution in [0, 0.1) is 0 Å². The lowest BCUT2D eigenvalue weighted by Crippen LogP contribution is -2.20. The molecule has 0 saturated heterocycles. The van der Waals surface area contributed by atoms with Crippen molar-refractivity contribution in [3.8, 4) is 5.75 Å². The second-order valence-electron chi connectivity index (χ2n) is 3.64. The maximum absolute atomic E-state index is 12.0. The Hall–Kier alpha value is -1.23. The molecule has 0 aromatic heterocycles. The first-order valence-corrected chi connectivity index (χ1v) is 5.55. The molecule has 0 aliphatic heterocycles. The zero-order valence-corrected chi connectivity index (χ0v) is 9.84. The van der Waals surface area contributed by atoms with E-state index in [2.05, 4.69) is 10.1 Å². The summed E-state index contributed by atoms with van der Waals surface area (Å²) in [5, 5.41) is 3.25. The van der Waals surface area contributed by atoms with Crippen molar-refractivity contribution in [3.63, 3.8) is 0 Å². The maximum atomic E-state index is 12.0. The van der Waals surface area contributed by atoms with Crippen LogP contribution < -0.4 is 10.1 Å². The summed E-state index contributed by atoms with van der Waals surface area (Å²) in [6.45, 7) is 4.83. The number of alkyl halides is 3. The van der Waals surface area contributed by atoms with Crippen LogP contribution in [-0.4, -0.2) is 12.9 Å². The van der Waals surface area contributed by atoms with E-state index in [1.165, 1.54) is 12.1 Å². The van der Waals surface area contributed by atoms with Gasteiger partial charge in [-0.3, -0.25) is 0 Å². The van der Waals surface area contributed by atoms with E-state index < -0.39 is 6.36 Å². The van der Waals surface area contributed by atoms with E-state index in [0.717, 1.165) is 18.5 Å². The summed E-state index contributed by atoms with van der Waals surface area (Å²) in [4.78, 5) is 0. The van der Waals surface area contributed by atoms with Crippen molar-refractivity contribution < 1.29 is 17.9 Å². The van der Waals surface area contributed by atoms with Crippen LogP contribution in [-0.2, 0) is 0 Å². The van der Waals surface area contributed by atoms with Crippen LogP contribution in [0.25, 0.3) is 0 Å². The van der Waals surface area contributed by atoms with Crippen molar-refractivity contribution in [2.75, 3.05) is 6.54 Å². The minimum absolute atomic E-state index is 0.167. The average molecular weight is 247 g/mol. The van der Waals surface area contributed by atoms with Gasteiger partial charge in [-0.05, 0) is 30.7 Å². The lowest BCUT2D eigenvalue weighted by Gasteiger charge is -2.16. The SMILES string of the molecule is CCNC(CC)c1ccc(OC(F)(F)F)cc1. The summed E-state index contributed by atoms with van der Waals surface area (Å²) < 4.78 is 39.7. The van der Waals surface area contributed by atoms with Gasteiger partial charge in [-0.25, -0.2) is 0 Å². The number of ether oxygens (including phenoxy) is 1. The standard InChI is InChI=1S/C12H16F3NO/c1-3-11(16-4-2)9-5-7-10(8-6-9)17-12(13,14)15/h5-8,11,16H,3-4H2,1-2H3. The summed E-state index contributed by atoms with van der Waals surface area (Å²) in [6.07, 6.45) is -3.75. The predicted octanol–water partition coefficient (Wildman–Crippen LogP) is 3.65. The zero-order chi connectivity index (χ0) is 12.9. The smallest absolute Gasteiger partial charge is 0.406 e. The van der Waals surface area contributed by atoms with Crippen molar-refractivity contribution in [1.82, 2.24) is 5.32 Å². The molecule has 0 bridgehead atoms. The normalized spacial score (nSPS) is 13.5. The highest BCUT2D eigenvalue weighted by Gasteiger charge is 2.31. The molecular weight excluding hydrogens is 231 g/mol. The van der Waals surface area contributed by atoms with Gasteiger partial charge in [0.25, 0.3) is 0 Å².